The maximum Gasteiger partial charge on any atom is 0.141 e. The molecule has 0 aromatic carbocycles. The van der Waals surface area contributed by atoms with Gasteiger partial charge in [-0.3, -0.25) is 0 Å². The molecular formula is C15H23N3S. The normalized spacial score (nSPS) is 26.4. The molecule has 19 heavy (non-hydrogen) atoms. The van der Waals surface area contributed by atoms with Gasteiger partial charge in [0.25, 0.3) is 0 Å². The first-order valence-electron chi connectivity index (χ1n) is 7.54. The lowest BCUT2D eigenvalue weighted by molar-refractivity contribution is 0.423. The van der Waals surface area contributed by atoms with Gasteiger partial charge in [0.05, 0.1) is 5.25 Å². The van der Waals surface area contributed by atoms with Gasteiger partial charge in [-0.05, 0) is 62.4 Å². The SMILES string of the molecule is CCNCC1CCc2nc(C3CCCS3)ncc2C1. The van der Waals surface area contributed by atoms with Crippen molar-refractivity contribution in [3.8, 4) is 0 Å². The number of hydrogen-bond donors (Lipinski definition) is 1. The molecule has 1 saturated heterocycles. The lowest BCUT2D eigenvalue weighted by Gasteiger charge is -2.24. The molecular weight excluding hydrogens is 254 g/mol. The van der Waals surface area contributed by atoms with E-state index in [0.29, 0.717) is 5.25 Å². The number of rotatable bonds is 4. The summed E-state index contributed by atoms with van der Waals surface area (Å²) in [5.41, 5.74) is 2.71. The highest BCUT2D eigenvalue weighted by Gasteiger charge is 2.24. The highest BCUT2D eigenvalue weighted by Crippen LogP contribution is 2.38. The Morgan fingerprint density at radius 2 is 2.37 bits per heavy atom. The van der Waals surface area contributed by atoms with Crippen LogP contribution >= 0.6 is 11.8 Å². The number of fused-ring (bicyclic) bond motifs is 1. The second-order valence-corrected chi connectivity index (χ2v) is 6.93. The van der Waals surface area contributed by atoms with Gasteiger partial charge in [0, 0.05) is 11.9 Å². The number of aryl methyl sites for hydroxylation is 1. The van der Waals surface area contributed by atoms with Crippen LogP contribution in [0, 0.1) is 5.92 Å². The van der Waals surface area contributed by atoms with Crippen molar-refractivity contribution in [2.75, 3.05) is 18.8 Å². The topological polar surface area (TPSA) is 37.8 Å². The van der Waals surface area contributed by atoms with E-state index in [4.69, 9.17) is 4.98 Å². The van der Waals surface area contributed by atoms with Crippen molar-refractivity contribution in [3.63, 3.8) is 0 Å². The molecule has 1 fully saturated rings. The Kier molecular flexibility index (Phi) is 4.38. The highest BCUT2D eigenvalue weighted by molar-refractivity contribution is 7.99. The molecule has 0 spiro atoms. The van der Waals surface area contributed by atoms with Crippen molar-refractivity contribution >= 4 is 11.8 Å². The minimum Gasteiger partial charge on any atom is -0.317 e. The summed E-state index contributed by atoms with van der Waals surface area (Å²) in [4.78, 5) is 9.49. The maximum absolute atomic E-state index is 4.86. The van der Waals surface area contributed by atoms with E-state index < -0.39 is 0 Å². The zero-order valence-electron chi connectivity index (χ0n) is 11.7. The Hall–Kier alpha value is -0.610. The van der Waals surface area contributed by atoms with Gasteiger partial charge in [-0.25, -0.2) is 9.97 Å². The summed E-state index contributed by atoms with van der Waals surface area (Å²) in [5, 5.41) is 4.02. The van der Waals surface area contributed by atoms with Crippen molar-refractivity contribution in [1.29, 1.82) is 0 Å². The molecule has 2 heterocycles. The van der Waals surface area contributed by atoms with Crippen molar-refractivity contribution in [1.82, 2.24) is 15.3 Å². The molecule has 0 radical (unpaired) electrons. The molecule has 2 aliphatic rings. The summed E-state index contributed by atoms with van der Waals surface area (Å²) < 4.78 is 0. The predicted octanol–water partition coefficient (Wildman–Crippen LogP) is 2.76. The van der Waals surface area contributed by atoms with Gasteiger partial charge in [-0.15, -0.1) is 0 Å². The first-order valence-corrected chi connectivity index (χ1v) is 8.58. The first kappa shape index (κ1) is 13.4. The summed E-state index contributed by atoms with van der Waals surface area (Å²) in [6, 6.07) is 0. The molecule has 1 aliphatic carbocycles. The standard InChI is InChI=1S/C15H23N3S/c1-2-16-9-11-5-6-13-12(8-11)10-17-15(18-13)14-4-3-7-19-14/h10-11,14,16H,2-9H2,1H3. The van der Waals surface area contributed by atoms with E-state index in [1.165, 1.54) is 36.3 Å². The second-order valence-electron chi connectivity index (χ2n) is 5.62. The predicted molar refractivity (Wildman–Crippen MR) is 80.5 cm³/mol. The van der Waals surface area contributed by atoms with Gasteiger partial charge >= 0.3 is 0 Å². The van der Waals surface area contributed by atoms with E-state index in [1.54, 1.807) is 0 Å². The Balaban J connectivity index is 1.69. The van der Waals surface area contributed by atoms with Crippen LogP contribution in [0.15, 0.2) is 6.20 Å². The third kappa shape index (κ3) is 3.11. The first-order chi connectivity index (χ1) is 9.36. The zero-order chi connectivity index (χ0) is 13.1. The van der Waals surface area contributed by atoms with Gasteiger partial charge in [-0.2, -0.15) is 11.8 Å². The lowest BCUT2D eigenvalue weighted by Crippen LogP contribution is -2.27. The minimum absolute atomic E-state index is 0.560. The van der Waals surface area contributed by atoms with Crippen LogP contribution < -0.4 is 5.32 Å². The van der Waals surface area contributed by atoms with E-state index in [-0.39, 0.29) is 0 Å². The number of nitrogens with zero attached hydrogens (tertiary/aromatic N) is 2. The van der Waals surface area contributed by atoms with Gasteiger partial charge < -0.3 is 5.32 Å². The Bertz CT molecular complexity index is 429. The fraction of sp³-hybridized carbons (Fsp3) is 0.733. The van der Waals surface area contributed by atoms with Crippen LogP contribution in [-0.2, 0) is 12.8 Å². The van der Waals surface area contributed by atoms with E-state index in [1.807, 2.05) is 11.8 Å². The molecule has 0 bridgehead atoms. The van der Waals surface area contributed by atoms with Gasteiger partial charge in [0.1, 0.15) is 5.82 Å². The summed E-state index contributed by atoms with van der Waals surface area (Å²) in [6.07, 6.45) is 8.24. The zero-order valence-corrected chi connectivity index (χ0v) is 12.5. The van der Waals surface area contributed by atoms with E-state index in [2.05, 4.69) is 23.4 Å². The number of thioether (sulfide) groups is 1. The second kappa shape index (κ2) is 6.23. The van der Waals surface area contributed by atoms with E-state index in [0.717, 1.165) is 37.7 Å². The third-order valence-electron chi connectivity index (χ3n) is 4.17. The molecule has 1 N–H and O–H groups in total. The summed E-state index contributed by atoms with van der Waals surface area (Å²) in [7, 11) is 0. The van der Waals surface area contributed by atoms with Gasteiger partial charge in [0.2, 0.25) is 0 Å². The van der Waals surface area contributed by atoms with Crippen LogP contribution in [0.2, 0.25) is 0 Å². The molecule has 1 aromatic heterocycles. The molecule has 3 nitrogen and oxygen atoms in total. The Morgan fingerprint density at radius 1 is 1.42 bits per heavy atom. The maximum atomic E-state index is 4.86. The summed E-state index contributed by atoms with van der Waals surface area (Å²) in [5.74, 6) is 3.13. The molecule has 104 valence electrons. The molecule has 3 rings (SSSR count). The fourth-order valence-electron chi connectivity index (χ4n) is 3.06. The van der Waals surface area contributed by atoms with Crippen LogP contribution in [-0.4, -0.2) is 28.8 Å². The monoisotopic (exact) mass is 277 g/mol. The van der Waals surface area contributed by atoms with Crippen LogP contribution in [0.5, 0.6) is 0 Å². The number of nitrogens with one attached hydrogen (secondary N) is 1. The number of aromatic nitrogens is 2. The smallest absolute Gasteiger partial charge is 0.141 e. The quantitative estimate of drug-likeness (QED) is 0.918. The van der Waals surface area contributed by atoms with Crippen LogP contribution in [0.4, 0.5) is 0 Å². The molecule has 1 aliphatic heterocycles. The molecule has 4 heteroatoms. The summed E-state index contributed by atoms with van der Waals surface area (Å²) >= 11 is 2.02. The average Bonchev–Trinajstić information content (AvgIpc) is 2.98. The van der Waals surface area contributed by atoms with E-state index >= 15 is 0 Å². The lowest BCUT2D eigenvalue weighted by atomic mass is 9.87. The molecule has 2 atom stereocenters. The van der Waals surface area contributed by atoms with Crippen molar-refractivity contribution in [3.05, 3.63) is 23.3 Å². The number of hydrogen-bond acceptors (Lipinski definition) is 4. The van der Waals surface area contributed by atoms with Crippen LogP contribution in [0.3, 0.4) is 0 Å². The molecule has 2 unspecified atom stereocenters. The molecule has 0 amide bonds. The Labute approximate surface area is 120 Å². The minimum atomic E-state index is 0.560. The largest absolute Gasteiger partial charge is 0.317 e. The third-order valence-corrected chi connectivity index (χ3v) is 5.54. The van der Waals surface area contributed by atoms with E-state index in [9.17, 15) is 0 Å². The van der Waals surface area contributed by atoms with Gasteiger partial charge in [-0.1, -0.05) is 6.92 Å². The van der Waals surface area contributed by atoms with Crippen LogP contribution in [0.25, 0.3) is 0 Å². The summed E-state index contributed by atoms with van der Waals surface area (Å²) in [6.45, 7) is 4.37. The van der Waals surface area contributed by atoms with Crippen molar-refractivity contribution in [2.45, 2.75) is 44.3 Å². The molecule has 1 aromatic rings. The molecule has 0 saturated carbocycles. The van der Waals surface area contributed by atoms with Gasteiger partial charge in [0.15, 0.2) is 0 Å². The fourth-order valence-corrected chi connectivity index (χ4v) is 4.27. The van der Waals surface area contributed by atoms with Crippen molar-refractivity contribution in [2.24, 2.45) is 5.92 Å². The van der Waals surface area contributed by atoms with Crippen LogP contribution in [0.1, 0.15) is 48.5 Å². The Morgan fingerprint density at radius 3 is 3.16 bits per heavy atom. The average molecular weight is 277 g/mol. The highest BCUT2D eigenvalue weighted by atomic mass is 32.2. The van der Waals surface area contributed by atoms with Crippen molar-refractivity contribution < 1.29 is 0 Å².